The van der Waals surface area contributed by atoms with Crippen molar-refractivity contribution in [3.63, 3.8) is 0 Å². The Morgan fingerprint density at radius 1 is 1.53 bits per heavy atom. The molecule has 1 aromatic rings. The van der Waals surface area contributed by atoms with E-state index in [2.05, 4.69) is 22.6 Å². The summed E-state index contributed by atoms with van der Waals surface area (Å²) in [6.45, 7) is 1.16. The highest BCUT2D eigenvalue weighted by Crippen LogP contribution is 2.21. The van der Waals surface area contributed by atoms with Crippen molar-refractivity contribution < 1.29 is 19.0 Å². The summed E-state index contributed by atoms with van der Waals surface area (Å²) in [5.41, 5.74) is 0.568. The summed E-state index contributed by atoms with van der Waals surface area (Å²) in [6, 6.07) is 5.28. The minimum absolute atomic E-state index is 0.111. The van der Waals surface area contributed by atoms with Crippen LogP contribution >= 0.6 is 22.6 Å². The first-order chi connectivity index (χ1) is 8.20. The van der Waals surface area contributed by atoms with E-state index in [1.807, 2.05) is 6.07 Å². The fourth-order valence-corrected chi connectivity index (χ4v) is 2.32. The van der Waals surface area contributed by atoms with Crippen LogP contribution in [0.3, 0.4) is 0 Å². The number of methoxy groups -OCH3 is 1. The third-order valence-electron chi connectivity index (χ3n) is 2.56. The molecule has 92 valence electrons. The SMILES string of the molecule is COc1ccc(C(=O)O[C@@H]2CCOC2)c(I)c1. The van der Waals surface area contributed by atoms with Crippen LogP contribution in [-0.2, 0) is 9.47 Å². The minimum atomic E-state index is -0.299. The van der Waals surface area contributed by atoms with Crippen molar-refractivity contribution in [3.8, 4) is 5.75 Å². The van der Waals surface area contributed by atoms with E-state index in [9.17, 15) is 4.79 Å². The molecule has 1 heterocycles. The summed E-state index contributed by atoms with van der Waals surface area (Å²) in [7, 11) is 1.60. The molecule has 1 aliphatic heterocycles. The second-order valence-corrected chi connectivity index (χ2v) is 4.90. The number of rotatable bonds is 3. The Hall–Kier alpha value is -0.820. The van der Waals surface area contributed by atoms with Crippen LogP contribution in [0.25, 0.3) is 0 Å². The molecular weight excluding hydrogens is 335 g/mol. The zero-order chi connectivity index (χ0) is 12.3. The molecule has 17 heavy (non-hydrogen) atoms. The number of hydrogen-bond donors (Lipinski definition) is 0. The van der Waals surface area contributed by atoms with Crippen LogP contribution in [0, 0.1) is 3.57 Å². The van der Waals surface area contributed by atoms with Crippen LogP contribution < -0.4 is 4.74 Å². The Labute approximate surface area is 113 Å². The van der Waals surface area contributed by atoms with Gasteiger partial charge in [0.1, 0.15) is 11.9 Å². The Morgan fingerprint density at radius 2 is 2.35 bits per heavy atom. The summed E-state index contributed by atoms with van der Waals surface area (Å²) < 4.78 is 16.4. The topological polar surface area (TPSA) is 44.8 Å². The van der Waals surface area contributed by atoms with Crippen molar-refractivity contribution in [2.24, 2.45) is 0 Å². The third kappa shape index (κ3) is 3.10. The van der Waals surface area contributed by atoms with Gasteiger partial charge in [0.05, 0.1) is 25.9 Å². The number of ether oxygens (including phenoxy) is 3. The summed E-state index contributed by atoms with van der Waals surface area (Å²) >= 11 is 2.10. The molecule has 0 aromatic heterocycles. The molecule has 0 saturated carbocycles. The summed E-state index contributed by atoms with van der Waals surface area (Å²) in [5, 5.41) is 0. The summed E-state index contributed by atoms with van der Waals surface area (Å²) in [6.07, 6.45) is 0.666. The van der Waals surface area contributed by atoms with Gasteiger partial charge in [0.25, 0.3) is 0 Å². The molecular formula is C12H13IO4. The second-order valence-electron chi connectivity index (χ2n) is 3.74. The molecule has 2 rings (SSSR count). The lowest BCUT2D eigenvalue weighted by Gasteiger charge is -2.11. The van der Waals surface area contributed by atoms with E-state index in [1.54, 1.807) is 19.2 Å². The van der Waals surface area contributed by atoms with Gasteiger partial charge in [-0.3, -0.25) is 0 Å². The number of halogens is 1. The Bertz CT molecular complexity index is 413. The molecule has 5 heteroatoms. The highest BCUT2D eigenvalue weighted by atomic mass is 127. The van der Waals surface area contributed by atoms with E-state index in [0.29, 0.717) is 18.8 Å². The van der Waals surface area contributed by atoms with E-state index in [0.717, 1.165) is 15.7 Å². The Balaban J connectivity index is 2.07. The van der Waals surface area contributed by atoms with Crippen molar-refractivity contribution in [2.45, 2.75) is 12.5 Å². The molecule has 0 unspecified atom stereocenters. The van der Waals surface area contributed by atoms with Crippen LogP contribution in [-0.4, -0.2) is 32.4 Å². The van der Waals surface area contributed by atoms with Gasteiger partial charge in [0.15, 0.2) is 0 Å². The van der Waals surface area contributed by atoms with E-state index >= 15 is 0 Å². The van der Waals surface area contributed by atoms with Gasteiger partial charge in [-0.25, -0.2) is 4.79 Å². The maximum absolute atomic E-state index is 11.9. The first-order valence-corrected chi connectivity index (χ1v) is 6.41. The normalized spacial score (nSPS) is 19.1. The number of esters is 1. The monoisotopic (exact) mass is 348 g/mol. The maximum atomic E-state index is 11.9. The molecule has 0 spiro atoms. The predicted molar refractivity (Wildman–Crippen MR) is 70.4 cm³/mol. The van der Waals surface area contributed by atoms with Gasteiger partial charge in [-0.1, -0.05) is 0 Å². The van der Waals surface area contributed by atoms with Crippen LogP contribution in [0.1, 0.15) is 16.8 Å². The lowest BCUT2D eigenvalue weighted by atomic mass is 10.2. The zero-order valence-electron chi connectivity index (χ0n) is 9.44. The van der Waals surface area contributed by atoms with Crippen molar-refractivity contribution >= 4 is 28.6 Å². The number of hydrogen-bond acceptors (Lipinski definition) is 4. The fraction of sp³-hybridized carbons (Fsp3) is 0.417. The molecule has 0 aliphatic carbocycles. The summed E-state index contributed by atoms with van der Waals surface area (Å²) in [5.74, 6) is 0.433. The standard InChI is InChI=1S/C12H13IO4/c1-15-8-2-3-10(11(13)6-8)12(14)17-9-4-5-16-7-9/h2-3,6,9H,4-5,7H2,1H3/t9-/m1/s1. The van der Waals surface area contributed by atoms with Gasteiger partial charge in [0.2, 0.25) is 0 Å². The van der Waals surface area contributed by atoms with E-state index in [-0.39, 0.29) is 12.1 Å². The lowest BCUT2D eigenvalue weighted by Crippen LogP contribution is -2.18. The third-order valence-corrected chi connectivity index (χ3v) is 3.45. The zero-order valence-corrected chi connectivity index (χ0v) is 11.6. The molecule has 0 N–H and O–H groups in total. The summed E-state index contributed by atoms with van der Waals surface area (Å²) in [4.78, 5) is 11.9. The van der Waals surface area contributed by atoms with Gasteiger partial charge in [-0.05, 0) is 40.8 Å². The van der Waals surface area contributed by atoms with E-state index in [1.165, 1.54) is 0 Å². The van der Waals surface area contributed by atoms with Gasteiger partial charge in [-0.15, -0.1) is 0 Å². The van der Waals surface area contributed by atoms with Crippen LogP contribution in [0.2, 0.25) is 0 Å². The van der Waals surface area contributed by atoms with E-state index < -0.39 is 0 Å². The highest BCUT2D eigenvalue weighted by molar-refractivity contribution is 14.1. The number of benzene rings is 1. The van der Waals surface area contributed by atoms with Crippen LogP contribution in [0.5, 0.6) is 5.75 Å². The second kappa shape index (κ2) is 5.68. The molecule has 1 aromatic carbocycles. The van der Waals surface area contributed by atoms with Gasteiger partial charge >= 0.3 is 5.97 Å². The molecule has 1 saturated heterocycles. The highest BCUT2D eigenvalue weighted by Gasteiger charge is 2.22. The van der Waals surface area contributed by atoms with Crippen molar-refractivity contribution in [1.29, 1.82) is 0 Å². The first kappa shape index (κ1) is 12.6. The molecule has 1 atom stereocenters. The lowest BCUT2D eigenvalue weighted by molar-refractivity contribution is 0.0269. The quantitative estimate of drug-likeness (QED) is 0.621. The van der Waals surface area contributed by atoms with E-state index in [4.69, 9.17) is 14.2 Å². The van der Waals surface area contributed by atoms with Crippen molar-refractivity contribution in [2.75, 3.05) is 20.3 Å². The molecule has 1 aliphatic rings. The molecule has 1 fully saturated rings. The molecule has 0 radical (unpaired) electrons. The first-order valence-electron chi connectivity index (χ1n) is 5.33. The average molecular weight is 348 g/mol. The van der Waals surface area contributed by atoms with Gasteiger partial charge < -0.3 is 14.2 Å². The largest absolute Gasteiger partial charge is 0.497 e. The molecule has 0 amide bonds. The smallest absolute Gasteiger partial charge is 0.339 e. The van der Waals surface area contributed by atoms with Crippen LogP contribution in [0.15, 0.2) is 18.2 Å². The molecule has 0 bridgehead atoms. The number of carbonyl (C=O) groups excluding carboxylic acids is 1. The van der Waals surface area contributed by atoms with Gasteiger partial charge in [0, 0.05) is 9.99 Å². The van der Waals surface area contributed by atoms with Crippen molar-refractivity contribution in [3.05, 3.63) is 27.3 Å². The van der Waals surface area contributed by atoms with Crippen LogP contribution in [0.4, 0.5) is 0 Å². The predicted octanol–water partition coefficient (Wildman–Crippen LogP) is 2.25. The Morgan fingerprint density at radius 3 is 2.94 bits per heavy atom. The fourth-order valence-electron chi connectivity index (χ4n) is 1.61. The van der Waals surface area contributed by atoms with Crippen molar-refractivity contribution in [1.82, 2.24) is 0 Å². The Kier molecular flexibility index (Phi) is 4.22. The maximum Gasteiger partial charge on any atom is 0.339 e. The minimum Gasteiger partial charge on any atom is -0.497 e. The van der Waals surface area contributed by atoms with Gasteiger partial charge in [-0.2, -0.15) is 0 Å². The molecule has 4 nitrogen and oxygen atoms in total. The number of carbonyl (C=O) groups is 1. The average Bonchev–Trinajstić information content (AvgIpc) is 2.81.